The van der Waals surface area contributed by atoms with Gasteiger partial charge in [-0.15, -0.1) is 11.6 Å². The summed E-state index contributed by atoms with van der Waals surface area (Å²) in [5.41, 5.74) is 0.446. The van der Waals surface area contributed by atoms with E-state index in [9.17, 15) is 0 Å². The summed E-state index contributed by atoms with van der Waals surface area (Å²) in [6, 6.07) is 0. The lowest BCUT2D eigenvalue weighted by Crippen LogP contribution is -2.46. The van der Waals surface area contributed by atoms with Crippen molar-refractivity contribution in [2.45, 2.75) is 45.5 Å². The first-order valence-electron chi connectivity index (χ1n) is 6.37. The molecule has 0 N–H and O–H groups in total. The van der Waals surface area contributed by atoms with E-state index in [4.69, 9.17) is 21.1 Å². The van der Waals surface area contributed by atoms with E-state index in [0.717, 1.165) is 12.3 Å². The third-order valence-corrected chi connectivity index (χ3v) is 5.86. The Morgan fingerprint density at radius 2 is 2.12 bits per heavy atom. The monoisotopic (exact) mass is 244 g/mol. The van der Waals surface area contributed by atoms with Gasteiger partial charge in [-0.1, -0.05) is 20.8 Å². The van der Waals surface area contributed by atoms with Crippen LogP contribution in [0.15, 0.2) is 0 Å². The van der Waals surface area contributed by atoms with Crippen LogP contribution in [-0.4, -0.2) is 24.4 Å². The van der Waals surface area contributed by atoms with E-state index in [0.29, 0.717) is 29.7 Å². The number of ether oxygens (including phenoxy) is 2. The average molecular weight is 245 g/mol. The maximum atomic E-state index is 6.10. The van der Waals surface area contributed by atoms with E-state index < -0.39 is 0 Å². The van der Waals surface area contributed by atoms with Gasteiger partial charge < -0.3 is 9.47 Å². The van der Waals surface area contributed by atoms with Crippen molar-refractivity contribution in [2.24, 2.45) is 23.2 Å². The van der Waals surface area contributed by atoms with Crippen molar-refractivity contribution in [1.82, 2.24) is 0 Å². The van der Waals surface area contributed by atoms with Gasteiger partial charge in [0.05, 0.1) is 18.6 Å². The molecule has 0 amide bonds. The van der Waals surface area contributed by atoms with Crippen molar-refractivity contribution in [1.29, 1.82) is 0 Å². The number of fused-ring (bicyclic) bond motifs is 3. The molecule has 2 aliphatic carbocycles. The SMILES string of the molecule is C[C@H]1[C@@H]2C[C@H](C[C@]23OC[C@H](CCl)O3)C1(C)C. The third-order valence-electron chi connectivity index (χ3n) is 5.52. The van der Waals surface area contributed by atoms with Gasteiger partial charge in [0.2, 0.25) is 0 Å². The van der Waals surface area contributed by atoms with Crippen molar-refractivity contribution in [3.63, 3.8) is 0 Å². The number of hydrogen-bond donors (Lipinski definition) is 0. The molecule has 3 rings (SSSR count). The van der Waals surface area contributed by atoms with E-state index in [1.807, 2.05) is 0 Å². The minimum Gasteiger partial charge on any atom is -0.347 e. The van der Waals surface area contributed by atoms with Crippen molar-refractivity contribution in [3.05, 3.63) is 0 Å². The Labute approximate surface area is 103 Å². The summed E-state index contributed by atoms with van der Waals surface area (Å²) in [5, 5.41) is 0. The summed E-state index contributed by atoms with van der Waals surface area (Å²) in [6.45, 7) is 7.82. The molecule has 0 aromatic carbocycles. The molecule has 3 aliphatic rings. The lowest BCUT2D eigenvalue weighted by Gasteiger charge is -2.44. The molecule has 1 aliphatic heterocycles. The predicted molar refractivity (Wildman–Crippen MR) is 63.4 cm³/mol. The molecule has 2 bridgehead atoms. The molecule has 0 aromatic rings. The minimum absolute atomic E-state index is 0.108. The van der Waals surface area contributed by atoms with Crippen LogP contribution in [-0.2, 0) is 9.47 Å². The molecule has 0 radical (unpaired) electrons. The van der Waals surface area contributed by atoms with Gasteiger partial charge in [0.1, 0.15) is 0 Å². The Balaban J connectivity index is 1.83. The maximum absolute atomic E-state index is 6.10. The molecular weight excluding hydrogens is 224 g/mol. The third kappa shape index (κ3) is 1.27. The van der Waals surface area contributed by atoms with Crippen LogP contribution in [0.1, 0.15) is 33.6 Å². The van der Waals surface area contributed by atoms with Crippen LogP contribution < -0.4 is 0 Å². The molecule has 3 fully saturated rings. The van der Waals surface area contributed by atoms with Crippen LogP contribution in [0.2, 0.25) is 0 Å². The van der Waals surface area contributed by atoms with E-state index >= 15 is 0 Å². The van der Waals surface area contributed by atoms with E-state index in [2.05, 4.69) is 20.8 Å². The highest BCUT2D eigenvalue weighted by atomic mass is 35.5. The molecule has 92 valence electrons. The summed E-state index contributed by atoms with van der Waals surface area (Å²) in [6.07, 6.45) is 2.45. The van der Waals surface area contributed by atoms with Gasteiger partial charge in [-0.25, -0.2) is 0 Å². The molecule has 2 saturated carbocycles. The van der Waals surface area contributed by atoms with E-state index in [1.54, 1.807) is 0 Å². The second-order valence-corrected chi connectivity index (χ2v) is 6.68. The van der Waals surface area contributed by atoms with Crippen LogP contribution >= 0.6 is 11.6 Å². The Kier molecular flexibility index (Phi) is 2.38. The highest BCUT2D eigenvalue weighted by molar-refractivity contribution is 6.18. The molecule has 3 heteroatoms. The van der Waals surface area contributed by atoms with Gasteiger partial charge in [-0.05, 0) is 23.7 Å². The van der Waals surface area contributed by atoms with E-state index in [1.165, 1.54) is 6.42 Å². The van der Waals surface area contributed by atoms with Gasteiger partial charge in [0.15, 0.2) is 5.79 Å². The van der Waals surface area contributed by atoms with Crippen LogP contribution in [0.4, 0.5) is 0 Å². The van der Waals surface area contributed by atoms with Crippen molar-refractivity contribution in [2.75, 3.05) is 12.5 Å². The highest BCUT2D eigenvalue weighted by Gasteiger charge is 2.65. The maximum Gasteiger partial charge on any atom is 0.172 e. The smallest absolute Gasteiger partial charge is 0.172 e. The fourth-order valence-electron chi connectivity index (χ4n) is 4.07. The first-order valence-corrected chi connectivity index (χ1v) is 6.91. The van der Waals surface area contributed by atoms with Crippen LogP contribution in [0.5, 0.6) is 0 Å². The summed E-state index contributed by atoms with van der Waals surface area (Å²) in [5.74, 6) is 2.28. The summed E-state index contributed by atoms with van der Waals surface area (Å²) < 4.78 is 12.1. The number of hydrogen-bond acceptors (Lipinski definition) is 2. The lowest BCUT2D eigenvalue weighted by atomic mass is 9.67. The Morgan fingerprint density at radius 3 is 2.62 bits per heavy atom. The zero-order chi connectivity index (χ0) is 11.6. The highest BCUT2D eigenvalue weighted by Crippen LogP contribution is 2.65. The largest absolute Gasteiger partial charge is 0.347 e. The molecule has 1 spiro atoms. The fraction of sp³-hybridized carbons (Fsp3) is 1.00. The molecule has 0 unspecified atom stereocenters. The number of alkyl halides is 1. The fourth-order valence-corrected chi connectivity index (χ4v) is 4.22. The molecule has 16 heavy (non-hydrogen) atoms. The second kappa shape index (κ2) is 3.37. The van der Waals surface area contributed by atoms with Crippen LogP contribution in [0, 0.1) is 23.2 Å². The van der Waals surface area contributed by atoms with Crippen LogP contribution in [0.25, 0.3) is 0 Å². The first-order chi connectivity index (χ1) is 7.49. The topological polar surface area (TPSA) is 18.5 Å². The van der Waals surface area contributed by atoms with Gasteiger partial charge in [-0.2, -0.15) is 0 Å². The molecule has 5 atom stereocenters. The Hall–Kier alpha value is 0.210. The van der Waals surface area contributed by atoms with Crippen LogP contribution in [0.3, 0.4) is 0 Å². The van der Waals surface area contributed by atoms with E-state index in [-0.39, 0.29) is 11.9 Å². The number of rotatable bonds is 1. The lowest BCUT2D eigenvalue weighted by molar-refractivity contribution is -0.221. The molecular formula is C13H21ClO2. The molecule has 2 nitrogen and oxygen atoms in total. The molecule has 1 heterocycles. The Bertz CT molecular complexity index is 300. The zero-order valence-electron chi connectivity index (χ0n) is 10.3. The molecule has 1 saturated heterocycles. The standard InChI is InChI=1S/C13H21ClO2/c1-8-11-4-9(12(8,2)3)5-13(11)15-7-10(6-14)16-13/h8-11H,4-7H2,1-3H3/t8-,9+,10-,11-,13+/m0/s1. The summed E-state index contributed by atoms with van der Waals surface area (Å²) >= 11 is 5.86. The van der Waals surface area contributed by atoms with Crippen molar-refractivity contribution in [3.8, 4) is 0 Å². The van der Waals surface area contributed by atoms with Gasteiger partial charge in [0, 0.05) is 12.3 Å². The predicted octanol–water partition coefficient (Wildman–Crippen LogP) is 3.04. The molecule has 0 aromatic heterocycles. The van der Waals surface area contributed by atoms with Crippen molar-refractivity contribution >= 4 is 11.6 Å². The summed E-state index contributed by atoms with van der Waals surface area (Å²) in [4.78, 5) is 0. The Morgan fingerprint density at radius 1 is 1.38 bits per heavy atom. The summed E-state index contributed by atoms with van der Waals surface area (Å²) in [7, 11) is 0. The quantitative estimate of drug-likeness (QED) is 0.660. The first kappa shape index (κ1) is 11.3. The van der Waals surface area contributed by atoms with Gasteiger partial charge >= 0.3 is 0 Å². The second-order valence-electron chi connectivity index (χ2n) is 6.37. The van der Waals surface area contributed by atoms with Crippen molar-refractivity contribution < 1.29 is 9.47 Å². The zero-order valence-corrected chi connectivity index (χ0v) is 11.1. The number of halogens is 1. The minimum atomic E-state index is -0.279. The van der Waals surface area contributed by atoms with Gasteiger partial charge in [0.25, 0.3) is 0 Å². The van der Waals surface area contributed by atoms with Gasteiger partial charge in [-0.3, -0.25) is 0 Å². The normalized spacial score (nSPS) is 54.0. The average Bonchev–Trinajstić information content (AvgIpc) is 2.87.